The zero-order valence-electron chi connectivity index (χ0n) is 13.2. The summed E-state index contributed by atoms with van der Waals surface area (Å²) in [6.45, 7) is 1.67. The van der Waals surface area contributed by atoms with Crippen LogP contribution in [0.15, 0.2) is 24.5 Å². The summed E-state index contributed by atoms with van der Waals surface area (Å²) < 4.78 is 7.64. The zero-order valence-corrected chi connectivity index (χ0v) is 13.2. The SMILES string of the molecule is Cn1cnnc1[C@H]1CN(C(=O)c2cccc3c2CCC3)CCO1. The van der Waals surface area contributed by atoms with Crippen molar-refractivity contribution in [3.63, 3.8) is 0 Å². The third kappa shape index (κ3) is 2.53. The number of morpholine rings is 1. The molecule has 6 heteroatoms. The minimum absolute atomic E-state index is 0.110. The smallest absolute Gasteiger partial charge is 0.254 e. The fourth-order valence-electron chi connectivity index (χ4n) is 3.56. The molecule has 1 aromatic carbocycles. The van der Waals surface area contributed by atoms with E-state index in [1.807, 2.05) is 28.6 Å². The van der Waals surface area contributed by atoms with Gasteiger partial charge in [0.05, 0.1) is 13.2 Å². The molecule has 2 aromatic rings. The van der Waals surface area contributed by atoms with Crippen molar-refractivity contribution < 1.29 is 9.53 Å². The second-order valence-electron chi connectivity index (χ2n) is 6.21. The molecular formula is C17H20N4O2. The highest BCUT2D eigenvalue weighted by Gasteiger charge is 2.30. The van der Waals surface area contributed by atoms with Gasteiger partial charge in [-0.05, 0) is 36.5 Å². The van der Waals surface area contributed by atoms with Gasteiger partial charge in [-0.15, -0.1) is 10.2 Å². The van der Waals surface area contributed by atoms with Crippen LogP contribution >= 0.6 is 0 Å². The molecule has 1 saturated heterocycles. The molecule has 23 heavy (non-hydrogen) atoms. The summed E-state index contributed by atoms with van der Waals surface area (Å²) in [7, 11) is 1.89. The summed E-state index contributed by atoms with van der Waals surface area (Å²) in [5.41, 5.74) is 3.42. The third-order valence-corrected chi connectivity index (χ3v) is 4.76. The lowest BCUT2D eigenvalue weighted by Crippen LogP contribution is -2.43. The van der Waals surface area contributed by atoms with Crippen LogP contribution in [0.3, 0.4) is 0 Å². The summed E-state index contributed by atoms with van der Waals surface area (Å²) in [4.78, 5) is 14.9. The number of carbonyl (C=O) groups is 1. The number of amides is 1. The van der Waals surface area contributed by atoms with Gasteiger partial charge in [-0.3, -0.25) is 4.79 Å². The maximum absolute atomic E-state index is 13.0. The summed E-state index contributed by atoms with van der Waals surface area (Å²) in [5, 5.41) is 8.02. The van der Waals surface area contributed by atoms with E-state index >= 15 is 0 Å². The Labute approximate surface area is 135 Å². The first kappa shape index (κ1) is 14.4. The monoisotopic (exact) mass is 312 g/mol. The topological polar surface area (TPSA) is 60.2 Å². The highest BCUT2D eigenvalue weighted by molar-refractivity contribution is 5.96. The lowest BCUT2D eigenvalue weighted by molar-refractivity contribution is -0.0281. The van der Waals surface area contributed by atoms with E-state index in [0.29, 0.717) is 19.7 Å². The van der Waals surface area contributed by atoms with Crippen LogP contribution in [-0.4, -0.2) is 45.3 Å². The van der Waals surface area contributed by atoms with Crippen LogP contribution in [0.2, 0.25) is 0 Å². The van der Waals surface area contributed by atoms with Crippen molar-refractivity contribution in [1.29, 1.82) is 0 Å². The normalized spacial score (nSPS) is 20.6. The molecule has 1 atom stereocenters. The number of carbonyl (C=O) groups excluding carboxylic acids is 1. The van der Waals surface area contributed by atoms with Crippen molar-refractivity contribution in [1.82, 2.24) is 19.7 Å². The summed E-state index contributed by atoms with van der Waals surface area (Å²) >= 11 is 0. The molecule has 1 amide bonds. The zero-order chi connectivity index (χ0) is 15.8. The van der Waals surface area contributed by atoms with E-state index in [2.05, 4.69) is 16.3 Å². The first-order chi connectivity index (χ1) is 11.2. The quantitative estimate of drug-likeness (QED) is 0.843. The Bertz CT molecular complexity index is 740. The van der Waals surface area contributed by atoms with E-state index in [4.69, 9.17) is 4.74 Å². The molecule has 1 fully saturated rings. The van der Waals surface area contributed by atoms with Gasteiger partial charge in [-0.2, -0.15) is 0 Å². The highest BCUT2D eigenvalue weighted by atomic mass is 16.5. The molecule has 4 rings (SSSR count). The number of aromatic nitrogens is 3. The van der Waals surface area contributed by atoms with Gasteiger partial charge in [-0.1, -0.05) is 12.1 Å². The number of nitrogens with zero attached hydrogens (tertiary/aromatic N) is 4. The highest BCUT2D eigenvalue weighted by Crippen LogP contribution is 2.28. The predicted octanol–water partition coefficient (Wildman–Crippen LogP) is 1.52. The number of hydrogen-bond donors (Lipinski definition) is 0. The minimum Gasteiger partial charge on any atom is -0.366 e. The number of aryl methyl sites for hydroxylation is 2. The first-order valence-electron chi connectivity index (χ1n) is 8.09. The summed E-state index contributed by atoms with van der Waals surface area (Å²) in [6, 6.07) is 6.10. The second kappa shape index (κ2) is 5.77. The van der Waals surface area contributed by atoms with E-state index < -0.39 is 0 Å². The van der Waals surface area contributed by atoms with Crippen LogP contribution in [-0.2, 0) is 24.6 Å². The standard InChI is InChI=1S/C17H20N4O2/c1-20-11-18-19-16(20)15-10-21(8-9-23-15)17(22)14-7-3-5-12-4-2-6-13(12)14/h3,5,7,11,15H,2,4,6,8-10H2,1H3/t15-/m1/s1. The van der Waals surface area contributed by atoms with E-state index in [0.717, 1.165) is 30.7 Å². The van der Waals surface area contributed by atoms with Gasteiger partial charge in [0.15, 0.2) is 5.82 Å². The first-order valence-corrected chi connectivity index (χ1v) is 8.09. The average molecular weight is 312 g/mol. The lowest BCUT2D eigenvalue weighted by atomic mass is 10.0. The molecule has 1 aliphatic heterocycles. The molecule has 0 radical (unpaired) electrons. The molecule has 120 valence electrons. The molecule has 2 heterocycles. The Morgan fingerprint density at radius 2 is 2.26 bits per heavy atom. The van der Waals surface area contributed by atoms with Gasteiger partial charge in [-0.25, -0.2) is 0 Å². The Morgan fingerprint density at radius 3 is 3.09 bits per heavy atom. The van der Waals surface area contributed by atoms with Gasteiger partial charge >= 0.3 is 0 Å². The van der Waals surface area contributed by atoms with Crippen LogP contribution in [0.1, 0.15) is 39.8 Å². The molecular weight excluding hydrogens is 292 g/mol. The lowest BCUT2D eigenvalue weighted by Gasteiger charge is -2.32. The van der Waals surface area contributed by atoms with Crippen LogP contribution < -0.4 is 0 Å². The fourth-order valence-corrected chi connectivity index (χ4v) is 3.56. The van der Waals surface area contributed by atoms with Crippen molar-refractivity contribution in [2.75, 3.05) is 19.7 Å². The van der Waals surface area contributed by atoms with E-state index in [1.54, 1.807) is 6.33 Å². The number of rotatable bonds is 2. The third-order valence-electron chi connectivity index (χ3n) is 4.76. The van der Waals surface area contributed by atoms with Crippen LogP contribution in [0.4, 0.5) is 0 Å². The molecule has 2 aliphatic rings. The number of hydrogen-bond acceptors (Lipinski definition) is 4. The van der Waals surface area contributed by atoms with Crippen LogP contribution in [0.5, 0.6) is 0 Å². The molecule has 0 saturated carbocycles. The van der Waals surface area contributed by atoms with Gasteiger partial charge < -0.3 is 14.2 Å². The predicted molar refractivity (Wildman–Crippen MR) is 84.1 cm³/mol. The Balaban J connectivity index is 1.57. The molecule has 0 N–H and O–H groups in total. The van der Waals surface area contributed by atoms with E-state index in [9.17, 15) is 4.79 Å². The van der Waals surface area contributed by atoms with Gasteiger partial charge in [0.2, 0.25) is 0 Å². The van der Waals surface area contributed by atoms with Gasteiger partial charge in [0.1, 0.15) is 12.4 Å². The van der Waals surface area contributed by atoms with Gasteiger partial charge in [0.25, 0.3) is 5.91 Å². The number of fused-ring (bicyclic) bond motifs is 1. The average Bonchev–Trinajstić information content (AvgIpc) is 3.22. The Hall–Kier alpha value is -2.21. The minimum atomic E-state index is -0.211. The molecule has 1 aromatic heterocycles. The van der Waals surface area contributed by atoms with Crippen molar-refractivity contribution in [2.45, 2.75) is 25.4 Å². The van der Waals surface area contributed by atoms with Crippen LogP contribution in [0.25, 0.3) is 0 Å². The molecule has 0 unspecified atom stereocenters. The van der Waals surface area contributed by atoms with Crippen molar-refractivity contribution in [2.24, 2.45) is 7.05 Å². The molecule has 0 spiro atoms. The second-order valence-corrected chi connectivity index (χ2v) is 6.21. The van der Waals surface area contributed by atoms with Crippen molar-refractivity contribution in [3.05, 3.63) is 47.0 Å². The molecule has 0 bridgehead atoms. The Morgan fingerprint density at radius 1 is 1.35 bits per heavy atom. The van der Waals surface area contributed by atoms with Crippen molar-refractivity contribution >= 4 is 5.91 Å². The number of benzene rings is 1. The van der Waals surface area contributed by atoms with E-state index in [-0.39, 0.29) is 12.0 Å². The number of ether oxygens (including phenoxy) is 1. The van der Waals surface area contributed by atoms with E-state index in [1.165, 1.54) is 11.1 Å². The maximum Gasteiger partial charge on any atom is 0.254 e. The van der Waals surface area contributed by atoms with Crippen LogP contribution in [0, 0.1) is 0 Å². The summed E-state index contributed by atoms with van der Waals surface area (Å²) in [5.74, 6) is 0.875. The largest absolute Gasteiger partial charge is 0.366 e. The molecule has 6 nitrogen and oxygen atoms in total. The maximum atomic E-state index is 13.0. The summed E-state index contributed by atoms with van der Waals surface area (Å²) in [6.07, 6.45) is 4.68. The van der Waals surface area contributed by atoms with Crippen molar-refractivity contribution in [3.8, 4) is 0 Å². The molecule has 1 aliphatic carbocycles. The fraction of sp³-hybridized carbons (Fsp3) is 0.471. The van der Waals surface area contributed by atoms with Gasteiger partial charge in [0, 0.05) is 19.2 Å². The Kier molecular flexibility index (Phi) is 3.61.